The summed E-state index contributed by atoms with van der Waals surface area (Å²) in [6.07, 6.45) is -3.21. The summed E-state index contributed by atoms with van der Waals surface area (Å²) in [6, 6.07) is 6.06. The highest BCUT2D eigenvalue weighted by Crippen LogP contribution is 2.35. The number of ether oxygens (including phenoxy) is 1. The van der Waals surface area contributed by atoms with E-state index in [1.165, 1.54) is 30.1 Å². The molecule has 1 amide bonds. The van der Waals surface area contributed by atoms with Crippen LogP contribution in [0.3, 0.4) is 0 Å². The molecule has 0 radical (unpaired) electrons. The van der Waals surface area contributed by atoms with Gasteiger partial charge in [0.15, 0.2) is 5.13 Å². The molecule has 0 saturated carbocycles. The van der Waals surface area contributed by atoms with Crippen molar-refractivity contribution >= 4 is 45.4 Å². The number of hydrogen-bond donors (Lipinski definition) is 0. The van der Waals surface area contributed by atoms with Crippen molar-refractivity contribution in [3.63, 3.8) is 0 Å². The number of anilines is 2. The van der Waals surface area contributed by atoms with Crippen molar-refractivity contribution < 1.29 is 27.5 Å². The third-order valence-electron chi connectivity index (χ3n) is 4.25. The molecule has 0 aliphatic carbocycles. The minimum absolute atomic E-state index is 0.0277. The van der Waals surface area contributed by atoms with E-state index in [-0.39, 0.29) is 22.3 Å². The van der Waals surface area contributed by atoms with Gasteiger partial charge in [0.2, 0.25) is 5.91 Å². The SMILES string of the molecule is CC(=O)N(c1cccc(C(F)(F)F)c1)c1nc(COC(=O)c2sccc2-n2cnnn2)cs1. The first-order valence-electron chi connectivity index (χ1n) is 9.14. The minimum Gasteiger partial charge on any atom is -0.455 e. The Hall–Kier alpha value is -3.65. The Morgan fingerprint density at radius 1 is 1.21 bits per heavy atom. The molecule has 9 nitrogen and oxygen atoms in total. The van der Waals surface area contributed by atoms with Crippen LogP contribution in [-0.2, 0) is 22.3 Å². The molecule has 33 heavy (non-hydrogen) atoms. The van der Waals surface area contributed by atoms with Gasteiger partial charge in [-0.1, -0.05) is 6.07 Å². The highest BCUT2D eigenvalue weighted by atomic mass is 32.1. The molecule has 0 aliphatic rings. The zero-order valence-corrected chi connectivity index (χ0v) is 18.3. The van der Waals surface area contributed by atoms with Gasteiger partial charge in [0.25, 0.3) is 0 Å². The lowest BCUT2D eigenvalue weighted by Crippen LogP contribution is -2.23. The van der Waals surface area contributed by atoms with Gasteiger partial charge in [-0.25, -0.2) is 9.78 Å². The van der Waals surface area contributed by atoms with E-state index in [0.717, 1.165) is 39.7 Å². The highest BCUT2D eigenvalue weighted by molar-refractivity contribution is 7.14. The van der Waals surface area contributed by atoms with Crippen LogP contribution >= 0.6 is 22.7 Å². The number of alkyl halides is 3. The molecular formula is C19H13F3N6O3S2. The topological polar surface area (TPSA) is 103 Å². The van der Waals surface area contributed by atoms with E-state index >= 15 is 0 Å². The number of esters is 1. The second-order valence-corrected chi connectivity index (χ2v) is 8.24. The number of aromatic nitrogens is 5. The Balaban J connectivity index is 1.50. The van der Waals surface area contributed by atoms with Crippen molar-refractivity contribution in [1.82, 2.24) is 25.2 Å². The Bertz CT molecular complexity index is 1290. The third-order valence-corrected chi connectivity index (χ3v) is 6.01. The second kappa shape index (κ2) is 9.07. The van der Waals surface area contributed by atoms with Crippen LogP contribution in [-0.4, -0.2) is 37.1 Å². The smallest absolute Gasteiger partial charge is 0.416 e. The Kier molecular flexibility index (Phi) is 6.20. The van der Waals surface area contributed by atoms with Crippen LogP contribution in [0.4, 0.5) is 24.0 Å². The zero-order valence-electron chi connectivity index (χ0n) is 16.7. The summed E-state index contributed by atoms with van der Waals surface area (Å²) in [6.45, 7) is 1.02. The average Bonchev–Trinajstić information content (AvgIpc) is 3.52. The molecule has 0 spiro atoms. The third kappa shape index (κ3) is 4.90. The first kappa shape index (κ1) is 22.5. The van der Waals surface area contributed by atoms with E-state index in [1.54, 1.807) is 16.8 Å². The van der Waals surface area contributed by atoms with Crippen molar-refractivity contribution in [3.8, 4) is 5.69 Å². The van der Waals surface area contributed by atoms with Crippen molar-refractivity contribution in [1.29, 1.82) is 0 Å². The summed E-state index contributed by atoms with van der Waals surface area (Å²) >= 11 is 2.19. The molecule has 170 valence electrons. The molecule has 1 aromatic carbocycles. The predicted molar refractivity (Wildman–Crippen MR) is 113 cm³/mol. The van der Waals surface area contributed by atoms with Gasteiger partial charge in [-0.05, 0) is 40.1 Å². The van der Waals surface area contributed by atoms with Crippen LogP contribution in [0.25, 0.3) is 5.69 Å². The number of amides is 1. The molecule has 4 aromatic rings. The number of tetrazole rings is 1. The summed E-state index contributed by atoms with van der Waals surface area (Å²) in [4.78, 5) is 30.3. The molecule has 3 heterocycles. The van der Waals surface area contributed by atoms with Crippen LogP contribution in [0.1, 0.15) is 27.9 Å². The lowest BCUT2D eigenvalue weighted by molar-refractivity contribution is -0.137. The van der Waals surface area contributed by atoms with Crippen molar-refractivity contribution in [2.24, 2.45) is 0 Å². The lowest BCUT2D eigenvalue weighted by Gasteiger charge is -2.19. The lowest BCUT2D eigenvalue weighted by atomic mass is 10.2. The Morgan fingerprint density at radius 2 is 2.03 bits per heavy atom. The first-order valence-corrected chi connectivity index (χ1v) is 10.9. The number of carbonyl (C=O) groups excluding carboxylic acids is 2. The van der Waals surface area contributed by atoms with Gasteiger partial charge >= 0.3 is 12.1 Å². The predicted octanol–water partition coefficient (Wildman–Crippen LogP) is 4.24. The summed E-state index contributed by atoms with van der Waals surface area (Å²) < 4.78 is 45.9. The largest absolute Gasteiger partial charge is 0.455 e. The summed E-state index contributed by atoms with van der Waals surface area (Å²) in [5.74, 6) is -1.14. The number of carbonyl (C=O) groups is 2. The van der Waals surface area contributed by atoms with E-state index in [9.17, 15) is 22.8 Å². The van der Waals surface area contributed by atoms with E-state index in [2.05, 4.69) is 20.5 Å². The number of thiazole rings is 1. The Morgan fingerprint density at radius 3 is 2.73 bits per heavy atom. The van der Waals surface area contributed by atoms with Gasteiger partial charge < -0.3 is 4.74 Å². The zero-order chi connectivity index (χ0) is 23.6. The van der Waals surface area contributed by atoms with Gasteiger partial charge in [-0.15, -0.1) is 27.8 Å². The van der Waals surface area contributed by atoms with Gasteiger partial charge in [-0.2, -0.15) is 17.9 Å². The number of nitrogens with zero attached hydrogens (tertiary/aromatic N) is 6. The standard InChI is InChI=1S/C19H13F3N6O3S2/c1-11(29)28(14-4-2-3-12(7-14)19(20,21)22)18-24-13(9-33-18)8-31-17(30)16-15(5-6-32-16)27-10-23-25-26-27/h2-7,9-10H,8H2,1H3. The van der Waals surface area contributed by atoms with Crippen LogP contribution in [0.15, 0.2) is 47.4 Å². The van der Waals surface area contributed by atoms with Gasteiger partial charge in [-0.3, -0.25) is 9.69 Å². The quantitative estimate of drug-likeness (QED) is 0.369. The van der Waals surface area contributed by atoms with Crippen LogP contribution < -0.4 is 4.90 Å². The fourth-order valence-corrected chi connectivity index (χ4v) is 4.47. The molecule has 0 aliphatic heterocycles. The van der Waals surface area contributed by atoms with Crippen molar-refractivity contribution in [2.75, 3.05) is 4.90 Å². The van der Waals surface area contributed by atoms with Crippen molar-refractivity contribution in [3.05, 3.63) is 63.6 Å². The average molecular weight is 494 g/mol. The van der Waals surface area contributed by atoms with E-state index in [0.29, 0.717) is 11.4 Å². The molecule has 0 saturated heterocycles. The van der Waals surface area contributed by atoms with Crippen LogP contribution in [0.2, 0.25) is 0 Å². The number of benzene rings is 1. The molecule has 0 fully saturated rings. The number of hydrogen-bond acceptors (Lipinski definition) is 9. The highest BCUT2D eigenvalue weighted by Gasteiger charge is 2.31. The molecule has 14 heteroatoms. The number of thiophene rings is 1. The van der Waals surface area contributed by atoms with Gasteiger partial charge in [0.05, 0.1) is 22.6 Å². The maximum absolute atomic E-state index is 13.1. The van der Waals surface area contributed by atoms with Crippen LogP contribution in [0, 0.1) is 0 Å². The van der Waals surface area contributed by atoms with Crippen LogP contribution in [0.5, 0.6) is 0 Å². The monoisotopic (exact) mass is 494 g/mol. The normalized spacial score (nSPS) is 11.4. The summed E-state index contributed by atoms with van der Waals surface area (Å²) in [5.41, 5.74) is -0.0606. The van der Waals surface area contributed by atoms with E-state index in [4.69, 9.17) is 4.74 Å². The fourth-order valence-electron chi connectivity index (χ4n) is 2.83. The Labute approximate surface area is 192 Å². The molecule has 0 bridgehead atoms. The molecule has 3 aromatic heterocycles. The van der Waals surface area contributed by atoms with Crippen molar-refractivity contribution in [2.45, 2.75) is 19.7 Å². The van der Waals surface area contributed by atoms with Gasteiger partial charge in [0.1, 0.15) is 17.8 Å². The molecular weight excluding hydrogens is 481 g/mol. The van der Waals surface area contributed by atoms with E-state index in [1.807, 2.05) is 0 Å². The second-order valence-electron chi connectivity index (χ2n) is 6.49. The molecule has 0 unspecified atom stereocenters. The maximum atomic E-state index is 13.1. The molecule has 0 N–H and O–H groups in total. The number of rotatable bonds is 6. The molecule has 4 rings (SSSR count). The van der Waals surface area contributed by atoms with E-state index < -0.39 is 23.6 Å². The molecule has 0 atom stereocenters. The maximum Gasteiger partial charge on any atom is 0.416 e. The summed E-state index contributed by atoms with van der Waals surface area (Å²) in [7, 11) is 0. The van der Waals surface area contributed by atoms with Gasteiger partial charge in [0, 0.05) is 12.3 Å². The summed E-state index contributed by atoms with van der Waals surface area (Å²) in [5, 5.41) is 14.2. The minimum atomic E-state index is -4.55. The first-order chi connectivity index (χ1) is 15.7. The number of halogens is 3. The fraction of sp³-hybridized carbons (Fsp3) is 0.158.